The van der Waals surface area contributed by atoms with Crippen LogP contribution in [0, 0.1) is 0 Å². The molecule has 0 spiro atoms. The Labute approximate surface area is 148 Å². The summed E-state index contributed by atoms with van der Waals surface area (Å²) in [5.74, 6) is 1.72. The van der Waals surface area contributed by atoms with Crippen LogP contribution in [0.25, 0.3) is 11.4 Å². The van der Waals surface area contributed by atoms with Gasteiger partial charge in [0.2, 0.25) is 0 Å². The van der Waals surface area contributed by atoms with Gasteiger partial charge in [0.15, 0.2) is 5.82 Å². The lowest BCUT2D eigenvalue weighted by Crippen LogP contribution is -2.44. The number of nitrogens with zero attached hydrogens (tertiary/aromatic N) is 3. The molecular weight excluding hydrogens is 316 g/mol. The lowest BCUT2D eigenvalue weighted by Gasteiger charge is -2.36. The maximum absolute atomic E-state index is 5.84. The summed E-state index contributed by atoms with van der Waals surface area (Å²) >= 11 is 0. The van der Waals surface area contributed by atoms with E-state index in [1.165, 1.54) is 11.3 Å². The van der Waals surface area contributed by atoms with Crippen molar-refractivity contribution >= 4 is 5.82 Å². The third-order valence-electron chi connectivity index (χ3n) is 5.29. The second kappa shape index (κ2) is 7.06. The lowest BCUT2D eigenvalue weighted by molar-refractivity contribution is -0.0807. The standard InChI is InChI=1S/C19H24N4O2/c1-24-19(7-11-25-12-8-19)13-21-18-15-3-2-4-16(15)22-17(23-18)14-5-9-20-10-6-14/h5-6,9-10H,2-4,7-8,11-13H2,1H3,(H,21,22,23). The van der Waals surface area contributed by atoms with Crippen LogP contribution in [0.5, 0.6) is 0 Å². The van der Waals surface area contributed by atoms with Crippen molar-refractivity contribution in [1.29, 1.82) is 0 Å². The summed E-state index contributed by atoms with van der Waals surface area (Å²) < 4.78 is 11.3. The van der Waals surface area contributed by atoms with Gasteiger partial charge in [-0.15, -0.1) is 0 Å². The fraction of sp³-hybridized carbons (Fsp3) is 0.526. The fourth-order valence-electron chi connectivity index (χ4n) is 3.65. The van der Waals surface area contributed by atoms with Crippen molar-refractivity contribution in [3.05, 3.63) is 35.8 Å². The molecular formula is C19H24N4O2. The highest BCUT2D eigenvalue weighted by molar-refractivity contribution is 5.60. The third-order valence-corrected chi connectivity index (χ3v) is 5.29. The number of nitrogens with one attached hydrogen (secondary N) is 1. The van der Waals surface area contributed by atoms with Crippen LogP contribution < -0.4 is 5.32 Å². The Bertz CT molecular complexity index is 730. The minimum Gasteiger partial charge on any atom is -0.381 e. The van der Waals surface area contributed by atoms with Crippen LogP contribution >= 0.6 is 0 Å². The van der Waals surface area contributed by atoms with Gasteiger partial charge < -0.3 is 14.8 Å². The van der Waals surface area contributed by atoms with Crippen molar-refractivity contribution in [2.75, 3.05) is 32.2 Å². The minimum atomic E-state index is -0.175. The van der Waals surface area contributed by atoms with E-state index in [1.807, 2.05) is 12.1 Å². The molecule has 2 aromatic heterocycles. The van der Waals surface area contributed by atoms with Crippen LogP contribution in [0.2, 0.25) is 0 Å². The molecule has 1 fully saturated rings. The molecule has 0 bridgehead atoms. The van der Waals surface area contributed by atoms with Crippen LogP contribution in [0.1, 0.15) is 30.5 Å². The largest absolute Gasteiger partial charge is 0.381 e. The van der Waals surface area contributed by atoms with E-state index in [2.05, 4.69) is 10.3 Å². The summed E-state index contributed by atoms with van der Waals surface area (Å²) in [4.78, 5) is 13.7. The smallest absolute Gasteiger partial charge is 0.161 e. The van der Waals surface area contributed by atoms with E-state index in [9.17, 15) is 0 Å². The summed E-state index contributed by atoms with van der Waals surface area (Å²) in [6.07, 6.45) is 8.57. The molecule has 1 saturated heterocycles. The molecule has 1 N–H and O–H groups in total. The van der Waals surface area contributed by atoms with Gasteiger partial charge in [-0.3, -0.25) is 4.98 Å². The molecule has 1 aliphatic heterocycles. The molecule has 132 valence electrons. The van der Waals surface area contributed by atoms with Crippen molar-refractivity contribution in [1.82, 2.24) is 15.0 Å². The quantitative estimate of drug-likeness (QED) is 0.902. The Morgan fingerprint density at radius 2 is 1.96 bits per heavy atom. The second-order valence-corrected chi connectivity index (χ2v) is 6.76. The Kier molecular flexibility index (Phi) is 4.63. The third kappa shape index (κ3) is 3.37. The first-order chi connectivity index (χ1) is 12.3. The predicted molar refractivity (Wildman–Crippen MR) is 95.6 cm³/mol. The van der Waals surface area contributed by atoms with E-state index in [4.69, 9.17) is 19.4 Å². The molecule has 6 nitrogen and oxygen atoms in total. The van der Waals surface area contributed by atoms with Crippen molar-refractivity contribution < 1.29 is 9.47 Å². The molecule has 0 atom stereocenters. The topological polar surface area (TPSA) is 69.2 Å². The fourth-order valence-corrected chi connectivity index (χ4v) is 3.65. The molecule has 1 aliphatic carbocycles. The molecule has 0 unspecified atom stereocenters. The van der Waals surface area contributed by atoms with Gasteiger partial charge in [0.05, 0.1) is 5.60 Å². The highest BCUT2D eigenvalue weighted by Crippen LogP contribution is 2.31. The van der Waals surface area contributed by atoms with Crippen LogP contribution in [0.4, 0.5) is 5.82 Å². The number of hydrogen-bond acceptors (Lipinski definition) is 6. The van der Waals surface area contributed by atoms with E-state index < -0.39 is 0 Å². The average molecular weight is 340 g/mol. The van der Waals surface area contributed by atoms with Gasteiger partial charge in [-0.1, -0.05) is 0 Å². The predicted octanol–water partition coefficient (Wildman–Crippen LogP) is 2.63. The van der Waals surface area contributed by atoms with Gasteiger partial charge in [-0.05, 0) is 31.4 Å². The van der Waals surface area contributed by atoms with Crippen LogP contribution in [-0.2, 0) is 22.3 Å². The summed E-state index contributed by atoms with van der Waals surface area (Å²) in [5, 5.41) is 3.57. The van der Waals surface area contributed by atoms with Gasteiger partial charge in [0.1, 0.15) is 5.82 Å². The molecule has 0 amide bonds. The average Bonchev–Trinajstić information content (AvgIpc) is 3.16. The van der Waals surface area contributed by atoms with Crippen molar-refractivity contribution in [3.8, 4) is 11.4 Å². The Hall–Kier alpha value is -2.05. The second-order valence-electron chi connectivity index (χ2n) is 6.76. The zero-order valence-electron chi connectivity index (χ0n) is 14.6. The number of fused-ring (bicyclic) bond motifs is 1. The number of anilines is 1. The van der Waals surface area contributed by atoms with Crippen molar-refractivity contribution in [2.24, 2.45) is 0 Å². The monoisotopic (exact) mass is 340 g/mol. The Morgan fingerprint density at radius 1 is 1.16 bits per heavy atom. The first-order valence-electron chi connectivity index (χ1n) is 8.97. The molecule has 25 heavy (non-hydrogen) atoms. The van der Waals surface area contributed by atoms with E-state index in [0.29, 0.717) is 0 Å². The number of aryl methyl sites for hydroxylation is 1. The molecule has 4 rings (SSSR count). The first kappa shape index (κ1) is 16.4. The van der Waals surface area contributed by atoms with Gasteiger partial charge in [0, 0.05) is 68.9 Å². The van der Waals surface area contributed by atoms with Gasteiger partial charge in [-0.2, -0.15) is 0 Å². The van der Waals surface area contributed by atoms with Crippen molar-refractivity contribution in [2.45, 2.75) is 37.7 Å². The summed E-state index contributed by atoms with van der Waals surface area (Å²) in [6, 6.07) is 3.91. The number of rotatable bonds is 5. The first-order valence-corrected chi connectivity index (χ1v) is 8.97. The normalized spacial score (nSPS) is 18.8. The van der Waals surface area contributed by atoms with Crippen molar-refractivity contribution in [3.63, 3.8) is 0 Å². The van der Waals surface area contributed by atoms with E-state index in [0.717, 1.165) is 69.1 Å². The van der Waals surface area contributed by atoms with Gasteiger partial charge in [0.25, 0.3) is 0 Å². The maximum Gasteiger partial charge on any atom is 0.161 e. The highest BCUT2D eigenvalue weighted by Gasteiger charge is 2.33. The molecule has 0 aromatic carbocycles. The zero-order valence-corrected chi connectivity index (χ0v) is 14.6. The number of ether oxygens (including phenoxy) is 2. The minimum absolute atomic E-state index is 0.175. The SMILES string of the molecule is COC1(CNc2nc(-c3ccncc3)nc3c2CCC3)CCOCC1. The van der Waals surface area contributed by atoms with Crippen LogP contribution in [0.3, 0.4) is 0 Å². The molecule has 6 heteroatoms. The number of methoxy groups -OCH3 is 1. The zero-order chi connectivity index (χ0) is 17.1. The Morgan fingerprint density at radius 3 is 2.72 bits per heavy atom. The summed E-state index contributed by atoms with van der Waals surface area (Å²) in [5.41, 5.74) is 3.25. The molecule has 2 aliphatic rings. The molecule has 2 aromatic rings. The van der Waals surface area contributed by atoms with Gasteiger partial charge >= 0.3 is 0 Å². The number of hydrogen-bond donors (Lipinski definition) is 1. The van der Waals surface area contributed by atoms with E-state index >= 15 is 0 Å². The van der Waals surface area contributed by atoms with Gasteiger partial charge in [-0.25, -0.2) is 9.97 Å². The van der Waals surface area contributed by atoms with Crippen LogP contribution in [-0.4, -0.2) is 47.4 Å². The maximum atomic E-state index is 5.84. The molecule has 0 radical (unpaired) electrons. The molecule has 0 saturated carbocycles. The Balaban J connectivity index is 1.61. The molecule has 3 heterocycles. The van der Waals surface area contributed by atoms with E-state index in [-0.39, 0.29) is 5.60 Å². The highest BCUT2D eigenvalue weighted by atomic mass is 16.5. The number of aromatic nitrogens is 3. The number of pyridine rings is 1. The lowest BCUT2D eigenvalue weighted by atomic mass is 9.94. The van der Waals surface area contributed by atoms with E-state index in [1.54, 1.807) is 19.5 Å². The summed E-state index contributed by atoms with van der Waals surface area (Å²) in [7, 11) is 1.79. The van der Waals surface area contributed by atoms with Crippen LogP contribution in [0.15, 0.2) is 24.5 Å². The summed E-state index contributed by atoms with van der Waals surface area (Å²) in [6.45, 7) is 2.24.